The molecule has 0 radical (unpaired) electrons. The largest absolute Gasteiger partial charge is 0.323 e. The zero-order valence-electron chi connectivity index (χ0n) is 15.9. The normalized spacial score (nSPS) is 11.2. The maximum Gasteiger partial charge on any atom is 0.261 e. The van der Waals surface area contributed by atoms with E-state index in [-0.39, 0.29) is 22.2 Å². The Balaban J connectivity index is 1.56. The van der Waals surface area contributed by atoms with Gasteiger partial charge in [-0.25, -0.2) is 12.8 Å². The van der Waals surface area contributed by atoms with Gasteiger partial charge in [-0.15, -0.1) is 11.8 Å². The summed E-state index contributed by atoms with van der Waals surface area (Å²) in [4.78, 5) is 13.0. The molecule has 0 spiro atoms. The molecule has 0 aliphatic rings. The fourth-order valence-electron chi connectivity index (χ4n) is 2.48. The first-order valence-electron chi connectivity index (χ1n) is 8.80. The Hall–Kier alpha value is -2.36. The Bertz CT molecular complexity index is 1150. The van der Waals surface area contributed by atoms with Crippen molar-refractivity contribution in [2.45, 2.75) is 16.7 Å². The van der Waals surface area contributed by atoms with Crippen LogP contribution in [-0.2, 0) is 14.8 Å². The van der Waals surface area contributed by atoms with Gasteiger partial charge >= 0.3 is 0 Å². The molecule has 0 aliphatic carbocycles. The Kier molecular flexibility index (Phi) is 7.17. The lowest BCUT2D eigenvalue weighted by atomic mass is 10.2. The van der Waals surface area contributed by atoms with Crippen LogP contribution in [0, 0.1) is 12.7 Å². The van der Waals surface area contributed by atoms with Gasteiger partial charge in [-0.05, 0) is 61.5 Å². The summed E-state index contributed by atoms with van der Waals surface area (Å²) in [5, 5.41) is 2.52. The average Bonchev–Trinajstić information content (AvgIpc) is 2.70. The molecule has 0 fully saturated rings. The van der Waals surface area contributed by atoms with E-state index >= 15 is 0 Å². The van der Waals surface area contributed by atoms with E-state index in [1.54, 1.807) is 54.6 Å². The number of thioether (sulfide) groups is 1. The van der Waals surface area contributed by atoms with Crippen LogP contribution in [-0.4, -0.2) is 20.1 Å². The number of nitrogens with one attached hydrogen (secondary N) is 2. The highest BCUT2D eigenvalue weighted by molar-refractivity contribution is 9.10. The van der Waals surface area contributed by atoms with Crippen LogP contribution in [0.2, 0.25) is 0 Å². The third-order valence-electron chi connectivity index (χ3n) is 4.01. The van der Waals surface area contributed by atoms with Gasteiger partial charge in [0.15, 0.2) is 0 Å². The SMILES string of the molecule is Cc1ccc(S(=O)(=O)Nc2ccc(SCC(=O)Nc3ccc(Br)cc3F)cc2)cc1. The van der Waals surface area contributed by atoms with Gasteiger partial charge < -0.3 is 5.32 Å². The second kappa shape index (κ2) is 9.63. The second-order valence-corrected chi connectivity index (χ2v) is 10.1. The Morgan fingerprint density at radius 3 is 2.33 bits per heavy atom. The first-order valence-corrected chi connectivity index (χ1v) is 12.1. The minimum Gasteiger partial charge on any atom is -0.323 e. The van der Waals surface area contributed by atoms with Crippen LogP contribution in [0.5, 0.6) is 0 Å². The van der Waals surface area contributed by atoms with Crippen molar-refractivity contribution in [3.05, 3.63) is 82.6 Å². The molecule has 156 valence electrons. The number of amides is 1. The highest BCUT2D eigenvalue weighted by Crippen LogP contribution is 2.24. The first kappa shape index (κ1) is 22.3. The molecular weight excluding hydrogens is 491 g/mol. The minimum atomic E-state index is -3.67. The van der Waals surface area contributed by atoms with Crippen LogP contribution in [0.1, 0.15) is 5.56 Å². The van der Waals surface area contributed by atoms with E-state index in [0.29, 0.717) is 10.2 Å². The van der Waals surface area contributed by atoms with Crippen molar-refractivity contribution in [3.63, 3.8) is 0 Å². The number of hydrogen-bond acceptors (Lipinski definition) is 4. The van der Waals surface area contributed by atoms with E-state index in [4.69, 9.17) is 0 Å². The molecule has 0 atom stereocenters. The molecule has 30 heavy (non-hydrogen) atoms. The molecule has 3 aromatic rings. The topological polar surface area (TPSA) is 75.3 Å². The highest BCUT2D eigenvalue weighted by Gasteiger charge is 2.14. The maximum absolute atomic E-state index is 13.8. The summed E-state index contributed by atoms with van der Waals surface area (Å²) < 4.78 is 41.8. The minimum absolute atomic E-state index is 0.0872. The third kappa shape index (κ3) is 6.07. The van der Waals surface area contributed by atoms with E-state index in [1.165, 1.54) is 23.9 Å². The number of anilines is 2. The fourth-order valence-corrected chi connectivity index (χ4v) is 4.57. The van der Waals surface area contributed by atoms with Gasteiger partial charge in [0.25, 0.3) is 10.0 Å². The summed E-state index contributed by atoms with van der Waals surface area (Å²) in [5.41, 5.74) is 1.51. The van der Waals surface area contributed by atoms with Gasteiger partial charge in [-0.2, -0.15) is 0 Å². The van der Waals surface area contributed by atoms with Gasteiger partial charge in [0.05, 0.1) is 16.3 Å². The zero-order chi connectivity index (χ0) is 21.7. The van der Waals surface area contributed by atoms with Crippen molar-refractivity contribution in [1.82, 2.24) is 0 Å². The van der Waals surface area contributed by atoms with Gasteiger partial charge in [0.2, 0.25) is 5.91 Å². The average molecular weight is 509 g/mol. The van der Waals surface area contributed by atoms with E-state index in [2.05, 4.69) is 26.0 Å². The molecule has 2 N–H and O–H groups in total. The summed E-state index contributed by atoms with van der Waals surface area (Å²) in [6.07, 6.45) is 0. The molecular formula is C21H18BrFN2O3S2. The predicted octanol–water partition coefficient (Wildman–Crippen LogP) is 5.43. The van der Waals surface area contributed by atoms with Crippen molar-refractivity contribution < 1.29 is 17.6 Å². The van der Waals surface area contributed by atoms with E-state index in [0.717, 1.165) is 10.5 Å². The van der Waals surface area contributed by atoms with Crippen molar-refractivity contribution in [1.29, 1.82) is 0 Å². The number of carbonyl (C=O) groups is 1. The number of halogens is 2. The van der Waals surface area contributed by atoms with E-state index in [1.807, 2.05) is 6.92 Å². The van der Waals surface area contributed by atoms with Gasteiger partial charge in [0.1, 0.15) is 5.82 Å². The maximum atomic E-state index is 13.8. The molecule has 3 aromatic carbocycles. The monoisotopic (exact) mass is 508 g/mol. The summed E-state index contributed by atoms with van der Waals surface area (Å²) in [5.74, 6) is -0.775. The number of sulfonamides is 1. The molecule has 5 nitrogen and oxygen atoms in total. The van der Waals surface area contributed by atoms with Gasteiger partial charge in [-0.1, -0.05) is 33.6 Å². The lowest BCUT2D eigenvalue weighted by Crippen LogP contribution is -2.15. The van der Waals surface area contributed by atoms with E-state index in [9.17, 15) is 17.6 Å². The molecule has 0 aliphatic heterocycles. The number of carbonyl (C=O) groups excluding carboxylic acids is 1. The highest BCUT2D eigenvalue weighted by atomic mass is 79.9. The van der Waals surface area contributed by atoms with Gasteiger partial charge in [0, 0.05) is 15.1 Å². The Labute approximate surface area is 187 Å². The smallest absolute Gasteiger partial charge is 0.261 e. The quantitative estimate of drug-likeness (QED) is 0.417. The number of rotatable bonds is 7. The van der Waals surface area contributed by atoms with Crippen LogP contribution in [0.25, 0.3) is 0 Å². The number of benzene rings is 3. The molecule has 0 bridgehead atoms. The van der Waals surface area contributed by atoms with E-state index < -0.39 is 15.8 Å². The van der Waals surface area contributed by atoms with Crippen molar-refractivity contribution in [2.75, 3.05) is 15.8 Å². The van der Waals surface area contributed by atoms with Gasteiger partial charge in [-0.3, -0.25) is 9.52 Å². The molecule has 9 heteroatoms. The standard InChI is InChI=1S/C21H18BrFN2O3S2/c1-14-2-9-18(10-3-14)30(27,28)25-16-5-7-17(8-6-16)29-13-21(26)24-20-11-4-15(22)12-19(20)23/h2-12,25H,13H2,1H3,(H,24,26). The molecule has 0 saturated carbocycles. The Morgan fingerprint density at radius 2 is 1.70 bits per heavy atom. The van der Waals surface area contributed by atoms with Crippen LogP contribution >= 0.6 is 27.7 Å². The molecule has 1 amide bonds. The molecule has 0 unspecified atom stereocenters. The lowest BCUT2D eigenvalue weighted by molar-refractivity contribution is -0.113. The molecule has 0 heterocycles. The van der Waals surface area contributed by atoms with Crippen LogP contribution in [0.3, 0.4) is 0 Å². The molecule has 3 rings (SSSR count). The summed E-state index contributed by atoms with van der Waals surface area (Å²) in [7, 11) is -3.67. The fraction of sp³-hybridized carbons (Fsp3) is 0.0952. The molecule has 0 aromatic heterocycles. The zero-order valence-corrected chi connectivity index (χ0v) is 19.1. The van der Waals surface area contributed by atoms with Crippen molar-refractivity contribution in [3.8, 4) is 0 Å². The number of hydrogen-bond donors (Lipinski definition) is 2. The second-order valence-electron chi connectivity index (χ2n) is 6.40. The number of aryl methyl sites for hydroxylation is 1. The third-order valence-corrected chi connectivity index (χ3v) is 6.92. The molecule has 0 saturated heterocycles. The summed E-state index contributed by atoms with van der Waals surface area (Å²) >= 11 is 4.42. The van der Waals surface area contributed by atoms with Crippen molar-refractivity contribution >= 4 is 55.0 Å². The summed E-state index contributed by atoms with van der Waals surface area (Å²) in [6.45, 7) is 1.88. The van der Waals surface area contributed by atoms with Crippen LogP contribution in [0.4, 0.5) is 15.8 Å². The van der Waals surface area contributed by atoms with Crippen molar-refractivity contribution in [2.24, 2.45) is 0 Å². The summed E-state index contributed by atoms with van der Waals surface area (Å²) in [6, 6.07) is 17.7. The Morgan fingerprint density at radius 1 is 1.03 bits per heavy atom. The first-order chi connectivity index (χ1) is 14.2. The van der Waals surface area contributed by atoms with Crippen LogP contribution < -0.4 is 10.0 Å². The predicted molar refractivity (Wildman–Crippen MR) is 122 cm³/mol. The van der Waals surface area contributed by atoms with Crippen LogP contribution in [0.15, 0.2) is 81.0 Å². The lowest BCUT2D eigenvalue weighted by Gasteiger charge is -2.09.